The van der Waals surface area contributed by atoms with Crippen molar-refractivity contribution in [3.05, 3.63) is 0 Å². The van der Waals surface area contributed by atoms with Gasteiger partial charge in [-0.3, -0.25) is 14.4 Å². The maximum absolute atomic E-state index is 12.8. The van der Waals surface area contributed by atoms with Gasteiger partial charge in [-0.25, -0.2) is 0 Å². The largest absolute Gasteiger partial charge is 0.462 e. The monoisotopic (exact) mass is 919 g/mol. The van der Waals surface area contributed by atoms with Crippen LogP contribution in [-0.2, 0) is 28.6 Å². The van der Waals surface area contributed by atoms with E-state index < -0.39 is 6.10 Å². The minimum absolute atomic E-state index is 0.0618. The van der Waals surface area contributed by atoms with Gasteiger partial charge in [0.25, 0.3) is 0 Å². The third-order valence-corrected chi connectivity index (χ3v) is 13.5. The second-order valence-corrected chi connectivity index (χ2v) is 20.8. The Morgan fingerprint density at radius 3 is 0.754 bits per heavy atom. The molecule has 0 amide bonds. The number of esters is 3. The van der Waals surface area contributed by atoms with Gasteiger partial charge in [-0.1, -0.05) is 297 Å². The Labute approximate surface area is 406 Å². The quantitative estimate of drug-likeness (QED) is 0.0344. The summed E-state index contributed by atoms with van der Waals surface area (Å²) in [5.41, 5.74) is 0. The van der Waals surface area contributed by atoms with Crippen molar-refractivity contribution in [1.82, 2.24) is 0 Å². The number of hydrogen-bond acceptors (Lipinski definition) is 6. The molecule has 0 fully saturated rings. The zero-order valence-corrected chi connectivity index (χ0v) is 44.5. The summed E-state index contributed by atoms with van der Waals surface area (Å²) >= 11 is 0. The van der Waals surface area contributed by atoms with Crippen LogP contribution in [0, 0.1) is 5.92 Å². The summed E-state index contributed by atoms with van der Waals surface area (Å²) in [7, 11) is 0. The molecular formula is C59H114O6. The highest BCUT2D eigenvalue weighted by molar-refractivity contribution is 5.71. The minimum Gasteiger partial charge on any atom is -0.462 e. The fourth-order valence-corrected chi connectivity index (χ4v) is 9.10. The highest BCUT2D eigenvalue weighted by atomic mass is 16.6. The van der Waals surface area contributed by atoms with Crippen molar-refractivity contribution in [1.29, 1.82) is 0 Å². The Morgan fingerprint density at radius 1 is 0.292 bits per heavy atom. The first-order valence-electron chi connectivity index (χ1n) is 29.4. The number of rotatable bonds is 54. The van der Waals surface area contributed by atoms with Gasteiger partial charge in [-0.05, 0) is 25.2 Å². The molecule has 65 heavy (non-hydrogen) atoms. The van der Waals surface area contributed by atoms with Crippen LogP contribution in [0.1, 0.15) is 336 Å². The van der Waals surface area contributed by atoms with Crippen LogP contribution in [0.25, 0.3) is 0 Å². The van der Waals surface area contributed by atoms with E-state index in [4.69, 9.17) is 14.2 Å². The lowest BCUT2D eigenvalue weighted by Gasteiger charge is -2.18. The molecule has 0 saturated heterocycles. The summed E-state index contributed by atoms with van der Waals surface area (Å²) < 4.78 is 16.9. The van der Waals surface area contributed by atoms with Crippen LogP contribution in [0.15, 0.2) is 0 Å². The fourth-order valence-electron chi connectivity index (χ4n) is 9.10. The fraction of sp³-hybridized carbons (Fsp3) is 0.949. The average molecular weight is 920 g/mol. The molecule has 6 heteroatoms. The number of hydrogen-bond donors (Lipinski definition) is 0. The van der Waals surface area contributed by atoms with Gasteiger partial charge in [0.2, 0.25) is 0 Å². The van der Waals surface area contributed by atoms with Gasteiger partial charge in [0.15, 0.2) is 6.10 Å². The molecule has 0 aliphatic rings. The maximum Gasteiger partial charge on any atom is 0.306 e. The van der Waals surface area contributed by atoms with Crippen molar-refractivity contribution in [3.63, 3.8) is 0 Å². The van der Waals surface area contributed by atoms with Gasteiger partial charge < -0.3 is 14.2 Å². The Balaban J connectivity index is 4.26. The van der Waals surface area contributed by atoms with Crippen LogP contribution in [0.5, 0.6) is 0 Å². The number of unbranched alkanes of at least 4 members (excludes halogenated alkanes) is 41. The lowest BCUT2D eigenvalue weighted by Crippen LogP contribution is -2.30. The van der Waals surface area contributed by atoms with E-state index >= 15 is 0 Å². The summed E-state index contributed by atoms with van der Waals surface area (Å²) in [6.45, 7) is 9.06. The Morgan fingerprint density at radius 2 is 0.508 bits per heavy atom. The predicted octanol–water partition coefficient (Wildman–Crippen LogP) is 19.4. The molecule has 0 aliphatic heterocycles. The molecule has 386 valence electrons. The predicted molar refractivity (Wildman–Crippen MR) is 280 cm³/mol. The van der Waals surface area contributed by atoms with Gasteiger partial charge >= 0.3 is 17.9 Å². The third-order valence-electron chi connectivity index (χ3n) is 13.5. The summed E-state index contributed by atoms with van der Waals surface area (Å²) in [5.74, 6) is 0.00309. The molecule has 0 heterocycles. The second kappa shape index (κ2) is 53.4. The molecule has 0 aromatic heterocycles. The van der Waals surface area contributed by atoms with Crippen molar-refractivity contribution in [3.8, 4) is 0 Å². The van der Waals surface area contributed by atoms with Crippen molar-refractivity contribution < 1.29 is 28.6 Å². The van der Waals surface area contributed by atoms with Gasteiger partial charge in [0, 0.05) is 19.3 Å². The van der Waals surface area contributed by atoms with E-state index in [2.05, 4.69) is 27.7 Å². The lowest BCUT2D eigenvalue weighted by molar-refractivity contribution is -0.167. The first-order chi connectivity index (χ1) is 31.9. The Bertz CT molecular complexity index is 980. The average Bonchev–Trinajstić information content (AvgIpc) is 3.29. The lowest BCUT2D eigenvalue weighted by atomic mass is 10.0. The Kier molecular flexibility index (Phi) is 52.1. The first-order valence-corrected chi connectivity index (χ1v) is 29.4. The van der Waals surface area contributed by atoms with E-state index in [-0.39, 0.29) is 31.1 Å². The van der Waals surface area contributed by atoms with E-state index in [9.17, 15) is 14.4 Å². The molecule has 0 rings (SSSR count). The summed E-state index contributed by atoms with van der Waals surface area (Å²) in [6, 6.07) is 0. The SMILES string of the molecule is CCCCCCCCCCCCCCCCCCCCCC(=O)OC[C@@H](COC(=O)CCCCCCCCCCCCCC)OC(=O)CCCCCCCCCCCCCCCC(C)C. The molecule has 0 saturated carbocycles. The summed E-state index contributed by atoms with van der Waals surface area (Å²) in [5, 5.41) is 0. The smallest absolute Gasteiger partial charge is 0.306 e. The van der Waals surface area contributed by atoms with E-state index in [1.54, 1.807) is 0 Å². The van der Waals surface area contributed by atoms with Crippen LogP contribution in [0.4, 0.5) is 0 Å². The molecular weight excluding hydrogens is 805 g/mol. The molecule has 0 spiro atoms. The van der Waals surface area contributed by atoms with E-state index in [1.165, 1.54) is 231 Å². The molecule has 1 atom stereocenters. The number of ether oxygens (including phenoxy) is 3. The zero-order chi connectivity index (χ0) is 47.4. The van der Waals surface area contributed by atoms with Crippen molar-refractivity contribution in [2.75, 3.05) is 13.2 Å². The maximum atomic E-state index is 12.8. The number of carbonyl (C=O) groups excluding carboxylic acids is 3. The standard InChI is InChI=1S/C59H114O6/c1-5-7-9-11-13-15-17-19-20-21-22-23-24-27-31-35-39-43-47-51-58(61)64-54-56(53-63-57(60)50-46-42-38-34-30-18-16-14-12-10-8-6-2)65-59(62)52-48-44-40-36-32-28-25-26-29-33-37-41-45-49-55(3)4/h55-56H,5-54H2,1-4H3/t56-/m1/s1. The van der Waals surface area contributed by atoms with Crippen LogP contribution in [0.2, 0.25) is 0 Å². The molecule has 0 radical (unpaired) electrons. The van der Waals surface area contributed by atoms with E-state index in [1.807, 2.05) is 0 Å². The molecule has 6 nitrogen and oxygen atoms in total. The minimum atomic E-state index is -0.762. The van der Waals surface area contributed by atoms with Crippen LogP contribution in [0.3, 0.4) is 0 Å². The third kappa shape index (κ3) is 53.2. The van der Waals surface area contributed by atoms with Crippen molar-refractivity contribution in [2.45, 2.75) is 342 Å². The van der Waals surface area contributed by atoms with E-state index in [0.717, 1.165) is 63.7 Å². The van der Waals surface area contributed by atoms with Gasteiger partial charge in [0.05, 0.1) is 0 Å². The van der Waals surface area contributed by atoms with Gasteiger partial charge in [-0.15, -0.1) is 0 Å². The van der Waals surface area contributed by atoms with E-state index in [0.29, 0.717) is 19.3 Å². The van der Waals surface area contributed by atoms with Crippen molar-refractivity contribution >= 4 is 17.9 Å². The topological polar surface area (TPSA) is 78.9 Å². The second-order valence-electron chi connectivity index (χ2n) is 20.8. The van der Waals surface area contributed by atoms with Gasteiger partial charge in [-0.2, -0.15) is 0 Å². The van der Waals surface area contributed by atoms with Crippen LogP contribution >= 0.6 is 0 Å². The summed E-state index contributed by atoms with van der Waals surface area (Å²) in [4.78, 5) is 38.1. The normalized spacial score (nSPS) is 12.0. The molecule has 0 unspecified atom stereocenters. The summed E-state index contributed by atoms with van der Waals surface area (Å²) in [6.07, 6.45) is 58.1. The highest BCUT2D eigenvalue weighted by Gasteiger charge is 2.19. The van der Waals surface area contributed by atoms with Crippen molar-refractivity contribution in [2.24, 2.45) is 5.92 Å². The van der Waals surface area contributed by atoms with Gasteiger partial charge in [0.1, 0.15) is 13.2 Å². The highest BCUT2D eigenvalue weighted by Crippen LogP contribution is 2.18. The molecule has 0 bridgehead atoms. The molecule has 0 aliphatic carbocycles. The zero-order valence-electron chi connectivity index (χ0n) is 44.5. The molecule has 0 N–H and O–H groups in total. The Hall–Kier alpha value is -1.59. The molecule has 0 aromatic carbocycles. The van der Waals surface area contributed by atoms with Crippen LogP contribution in [-0.4, -0.2) is 37.2 Å². The number of carbonyl (C=O) groups is 3. The van der Waals surface area contributed by atoms with Crippen LogP contribution < -0.4 is 0 Å². The molecule has 0 aromatic rings. The first kappa shape index (κ1) is 63.4.